The monoisotopic (exact) mass is 176 g/mol. The van der Waals surface area contributed by atoms with Crippen LogP contribution in [0.15, 0.2) is 42.5 Å². The van der Waals surface area contributed by atoms with E-state index in [9.17, 15) is 0 Å². The number of hydrogen-bond acceptors (Lipinski definition) is 1. The average Bonchev–Trinajstić information content (AvgIpc) is 2.17. The molecule has 0 aliphatic heterocycles. The third kappa shape index (κ3) is 3.90. The molecule has 1 aromatic carbocycles. The van der Waals surface area contributed by atoms with Crippen molar-refractivity contribution >= 4 is 0 Å². The van der Waals surface area contributed by atoms with Crippen LogP contribution in [-0.2, 0) is 11.3 Å². The maximum Gasteiger partial charge on any atom is 0.0732 e. The fourth-order valence-electron chi connectivity index (χ4n) is 1.13. The van der Waals surface area contributed by atoms with Gasteiger partial charge in [-0.15, -0.1) is 0 Å². The van der Waals surface area contributed by atoms with Gasteiger partial charge < -0.3 is 4.74 Å². The predicted octanol–water partition coefficient (Wildman–Crippen LogP) is 3.17. The third-order valence-electron chi connectivity index (χ3n) is 1.82. The van der Waals surface area contributed by atoms with Crippen molar-refractivity contribution in [1.82, 2.24) is 0 Å². The van der Waals surface area contributed by atoms with Gasteiger partial charge in [-0.2, -0.15) is 0 Å². The molecule has 0 N–H and O–H groups in total. The van der Waals surface area contributed by atoms with Crippen LogP contribution >= 0.6 is 0 Å². The molecule has 1 heteroatoms. The van der Waals surface area contributed by atoms with E-state index in [0.29, 0.717) is 6.61 Å². The van der Waals surface area contributed by atoms with E-state index in [0.717, 1.165) is 0 Å². The second kappa shape index (κ2) is 5.55. The van der Waals surface area contributed by atoms with Crippen LogP contribution < -0.4 is 0 Å². The third-order valence-corrected chi connectivity index (χ3v) is 1.82. The van der Waals surface area contributed by atoms with Crippen molar-refractivity contribution < 1.29 is 4.74 Å². The number of allylic oxidation sites excluding steroid dienone is 1. The predicted molar refractivity (Wildman–Crippen MR) is 55.5 cm³/mol. The minimum absolute atomic E-state index is 0.199. The van der Waals surface area contributed by atoms with Crippen LogP contribution in [0.3, 0.4) is 0 Å². The highest BCUT2D eigenvalue weighted by Gasteiger charge is 1.96. The van der Waals surface area contributed by atoms with E-state index in [4.69, 9.17) is 4.74 Å². The highest BCUT2D eigenvalue weighted by Crippen LogP contribution is 2.03. The maximum atomic E-state index is 5.58. The summed E-state index contributed by atoms with van der Waals surface area (Å²) >= 11 is 0. The molecule has 1 nitrogen and oxygen atoms in total. The summed E-state index contributed by atoms with van der Waals surface area (Å²) in [6.07, 6.45) is 4.25. The van der Waals surface area contributed by atoms with Crippen LogP contribution in [0.1, 0.15) is 19.4 Å². The zero-order valence-electron chi connectivity index (χ0n) is 8.23. The van der Waals surface area contributed by atoms with Gasteiger partial charge in [0.05, 0.1) is 12.7 Å². The lowest BCUT2D eigenvalue weighted by molar-refractivity contribution is 0.0840. The Morgan fingerprint density at radius 3 is 2.62 bits per heavy atom. The summed E-state index contributed by atoms with van der Waals surface area (Å²) in [5.41, 5.74) is 1.22. The van der Waals surface area contributed by atoms with Crippen molar-refractivity contribution in [2.45, 2.75) is 26.6 Å². The van der Waals surface area contributed by atoms with Gasteiger partial charge >= 0.3 is 0 Å². The Kier molecular flexibility index (Phi) is 4.27. The molecule has 0 bridgehead atoms. The molecule has 0 aliphatic rings. The summed E-state index contributed by atoms with van der Waals surface area (Å²) < 4.78 is 5.58. The maximum absolute atomic E-state index is 5.58. The molecule has 0 amide bonds. The van der Waals surface area contributed by atoms with Crippen LogP contribution in [0.4, 0.5) is 0 Å². The van der Waals surface area contributed by atoms with Crippen molar-refractivity contribution in [3.05, 3.63) is 48.0 Å². The molecule has 1 aromatic rings. The molecule has 0 radical (unpaired) electrons. The van der Waals surface area contributed by atoms with Gasteiger partial charge in [0.1, 0.15) is 0 Å². The first-order chi connectivity index (χ1) is 6.33. The molecule has 0 aromatic heterocycles. The van der Waals surface area contributed by atoms with Crippen molar-refractivity contribution in [2.75, 3.05) is 0 Å². The molecule has 0 heterocycles. The lowest BCUT2D eigenvalue weighted by Crippen LogP contribution is -2.03. The summed E-state index contributed by atoms with van der Waals surface area (Å²) in [5.74, 6) is 0. The largest absolute Gasteiger partial charge is 0.370 e. The van der Waals surface area contributed by atoms with Gasteiger partial charge in [-0.1, -0.05) is 42.5 Å². The zero-order chi connectivity index (χ0) is 9.52. The van der Waals surface area contributed by atoms with Gasteiger partial charge in [0.2, 0.25) is 0 Å². The van der Waals surface area contributed by atoms with Crippen molar-refractivity contribution in [3.63, 3.8) is 0 Å². The molecule has 0 saturated carbocycles. The van der Waals surface area contributed by atoms with Crippen LogP contribution in [0.25, 0.3) is 0 Å². The molecular formula is C12H16O. The van der Waals surface area contributed by atoms with Crippen LogP contribution in [-0.4, -0.2) is 6.10 Å². The molecule has 13 heavy (non-hydrogen) atoms. The molecule has 0 fully saturated rings. The number of benzene rings is 1. The summed E-state index contributed by atoms with van der Waals surface area (Å²) in [4.78, 5) is 0. The summed E-state index contributed by atoms with van der Waals surface area (Å²) in [5, 5.41) is 0. The van der Waals surface area contributed by atoms with E-state index in [1.807, 2.05) is 44.2 Å². The molecule has 1 rings (SSSR count). The first-order valence-electron chi connectivity index (χ1n) is 4.61. The number of rotatable bonds is 4. The van der Waals surface area contributed by atoms with Gasteiger partial charge in [0.25, 0.3) is 0 Å². The van der Waals surface area contributed by atoms with E-state index in [1.165, 1.54) is 5.56 Å². The van der Waals surface area contributed by atoms with Crippen LogP contribution in [0.5, 0.6) is 0 Å². The molecule has 0 saturated heterocycles. The Balaban J connectivity index is 2.35. The van der Waals surface area contributed by atoms with Crippen molar-refractivity contribution in [1.29, 1.82) is 0 Å². The fraction of sp³-hybridized carbons (Fsp3) is 0.333. The van der Waals surface area contributed by atoms with Gasteiger partial charge in [0.15, 0.2) is 0 Å². The van der Waals surface area contributed by atoms with Gasteiger partial charge in [-0.05, 0) is 19.4 Å². The average molecular weight is 176 g/mol. The number of hydrogen-bond donors (Lipinski definition) is 0. The van der Waals surface area contributed by atoms with Gasteiger partial charge in [-0.3, -0.25) is 0 Å². The zero-order valence-corrected chi connectivity index (χ0v) is 8.23. The van der Waals surface area contributed by atoms with Crippen LogP contribution in [0, 0.1) is 0 Å². The highest BCUT2D eigenvalue weighted by molar-refractivity contribution is 5.13. The number of ether oxygens (including phenoxy) is 1. The smallest absolute Gasteiger partial charge is 0.0732 e. The second-order valence-electron chi connectivity index (χ2n) is 3.03. The minimum atomic E-state index is 0.199. The van der Waals surface area contributed by atoms with Gasteiger partial charge in [0, 0.05) is 0 Å². The topological polar surface area (TPSA) is 9.23 Å². The summed E-state index contributed by atoms with van der Waals surface area (Å²) in [6.45, 7) is 4.73. The van der Waals surface area contributed by atoms with Gasteiger partial charge in [-0.25, -0.2) is 0 Å². The fourth-order valence-corrected chi connectivity index (χ4v) is 1.13. The Bertz CT molecular complexity index is 251. The summed E-state index contributed by atoms with van der Waals surface area (Å²) in [7, 11) is 0. The SMILES string of the molecule is C/C=C\[C@H](C)OCc1ccccc1. The molecule has 0 unspecified atom stereocenters. The summed E-state index contributed by atoms with van der Waals surface area (Å²) in [6, 6.07) is 10.2. The van der Waals surface area contributed by atoms with E-state index >= 15 is 0 Å². The first kappa shape index (κ1) is 10.0. The standard InChI is InChI=1S/C12H16O/c1-3-7-11(2)13-10-12-8-5-4-6-9-12/h3-9,11H,10H2,1-2H3/b7-3-/t11-/m0/s1. The first-order valence-corrected chi connectivity index (χ1v) is 4.61. The van der Waals surface area contributed by atoms with E-state index in [2.05, 4.69) is 12.1 Å². The molecule has 0 spiro atoms. The molecule has 0 aliphatic carbocycles. The minimum Gasteiger partial charge on any atom is -0.370 e. The Labute approximate surface area is 80.0 Å². The van der Waals surface area contributed by atoms with E-state index < -0.39 is 0 Å². The van der Waals surface area contributed by atoms with E-state index in [-0.39, 0.29) is 6.10 Å². The molecular weight excluding hydrogens is 160 g/mol. The van der Waals surface area contributed by atoms with Crippen molar-refractivity contribution in [2.24, 2.45) is 0 Å². The second-order valence-corrected chi connectivity index (χ2v) is 3.03. The van der Waals surface area contributed by atoms with E-state index in [1.54, 1.807) is 0 Å². The molecule has 70 valence electrons. The Morgan fingerprint density at radius 2 is 2.00 bits per heavy atom. The Hall–Kier alpha value is -1.08. The lowest BCUT2D eigenvalue weighted by atomic mass is 10.2. The molecule has 1 atom stereocenters. The quantitative estimate of drug-likeness (QED) is 0.640. The van der Waals surface area contributed by atoms with Crippen LogP contribution in [0.2, 0.25) is 0 Å². The normalized spacial score (nSPS) is 13.4. The lowest BCUT2D eigenvalue weighted by Gasteiger charge is -2.08. The van der Waals surface area contributed by atoms with Crippen molar-refractivity contribution in [3.8, 4) is 0 Å². The Morgan fingerprint density at radius 1 is 1.31 bits per heavy atom. The highest BCUT2D eigenvalue weighted by atomic mass is 16.5.